The van der Waals surface area contributed by atoms with E-state index in [1.54, 1.807) is 48.4 Å². The van der Waals surface area contributed by atoms with Crippen molar-refractivity contribution >= 4 is 30.6 Å². The number of hydrogen-bond donors (Lipinski definition) is 1. The summed E-state index contributed by atoms with van der Waals surface area (Å²) in [7, 11) is 0. The first-order chi connectivity index (χ1) is 16.7. The fourth-order valence-electron chi connectivity index (χ4n) is 3.17. The molecule has 0 saturated carbocycles. The molecule has 0 saturated heterocycles. The normalized spacial score (nSPS) is 14.8. The molecule has 1 aliphatic heterocycles. The van der Waals surface area contributed by atoms with Gasteiger partial charge in [0.1, 0.15) is 12.1 Å². The minimum absolute atomic E-state index is 0.0298. The second-order valence-electron chi connectivity index (χ2n) is 7.49. The van der Waals surface area contributed by atoms with Crippen molar-refractivity contribution in [3.8, 4) is 5.75 Å². The number of hydrogen-bond acceptors (Lipinski definition) is 4. The highest BCUT2D eigenvalue weighted by Gasteiger charge is 2.30. The van der Waals surface area contributed by atoms with E-state index in [1.165, 1.54) is 18.5 Å². The number of carbonyl (C=O) groups excluding carboxylic acids is 2. The van der Waals surface area contributed by atoms with Crippen LogP contribution in [-0.4, -0.2) is 36.3 Å². The van der Waals surface area contributed by atoms with Gasteiger partial charge >= 0.3 is 6.18 Å². The zero-order chi connectivity index (χ0) is 25.4. The number of benzene rings is 2. The highest BCUT2D eigenvalue weighted by molar-refractivity contribution is 5.92. The van der Waals surface area contributed by atoms with E-state index in [1.807, 2.05) is 0 Å². The third-order valence-corrected chi connectivity index (χ3v) is 4.95. The van der Waals surface area contributed by atoms with E-state index in [0.717, 1.165) is 12.1 Å². The standard InChI is InChI=1S/C25H23F3N4O3/c1-3-23(34)32-13-12-18(15-32)24(30-16-29-2)35-21-10-8-20(9-11-21)31-22(33)14-17-4-6-19(7-5-17)25(26,27)28/h4-13,16H,2-3,14-15H2,1H3,(H,31,33)/b24-18+,30-16?. The molecule has 1 aliphatic rings. The van der Waals surface area contributed by atoms with Crippen LogP contribution in [0.1, 0.15) is 24.5 Å². The fraction of sp³-hybridized carbons (Fsp3) is 0.200. The van der Waals surface area contributed by atoms with Gasteiger partial charge in [0.15, 0.2) is 0 Å². The summed E-state index contributed by atoms with van der Waals surface area (Å²) >= 11 is 0. The first-order valence-electron chi connectivity index (χ1n) is 10.6. The summed E-state index contributed by atoms with van der Waals surface area (Å²) in [5.74, 6) is 0.278. The largest absolute Gasteiger partial charge is 0.439 e. The van der Waals surface area contributed by atoms with Crippen LogP contribution in [-0.2, 0) is 22.2 Å². The molecule has 0 fully saturated rings. The quantitative estimate of drug-likeness (QED) is 0.326. The van der Waals surface area contributed by atoms with Crippen LogP contribution in [0.25, 0.3) is 0 Å². The Morgan fingerprint density at radius 2 is 1.83 bits per heavy atom. The molecule has 3 rings (SSSR count). The number of aliphatic imine (C=N–C) groups is 2. The number of nitrogens with one attached hydrogen (secondary N) is 1. The number of rotatable bonds is 8. The Labute approximate surface area is 200 Å². The average Bonchev–Trinajstić information content (AvgIpc) is 3.32. The van der Waals surface area contributed by atoms with E-state index in [9.17, 15) is 22.8 Å². The summed E-state index contributed by atoms with van der Waals surface area (Å²) in [6, 6.07) is 10.9. The van der Waals surface area contributed by atoms with Crippen molar-refractivity contribution in [2.45, 2.75) is 25.9 Å². The molecule has 7 nitrogen and oxygen atoms in total. The van der Waals surface area contributed by atoms with E-state index in [4.69, 9.17) is 4.74 Å². The van der Waals surface area contributed by atoms with Crippen molar-refractivity contribution in [2.75, 3.05) is 11.9 Å². The summed E-state index contributed by atoms with van der Waals surface area (Å²) in [4.78, 5) is 33.5. The molecule has 1 N–H and O–H groups in total. The number of amides is 2. The van der Waals surface area contributed by atoms with Gasteiger partial charge in [0.2, 0.25) is 17.7 Å². The number of nitrogens with zero attached hydrogens (tertiary/aromatic N) is 3. The Balaban J connectivity index is 1.63. The van der Waals surface area contributed by atoms with Crippen LogP contribution < -0.4 is 10.1 Å². The van der Waals surface area contributed by atoms with E-state index >= 15 is 0 Å². The van der Waals surface area contributed by atoms with Crippen molar-refractivity contribution < 1.29 is 27.5 Å². The lowest BCUT2D eigenvalue weighted by Gasteiger charge is -2.13. The van der Waals surface area contributed by atoms with Gasteiger partial charge in [-0.05, 0) is 54.8 Å². The molecule has 1 heterocycles. The van der Waals surface area contributed by atoms with E-state index in [0.29, 0.717) is 35.5 Å². The molecule has 0 radical (unpaired) electrons. The summed E-state index contributed by atoms with van der Waals surface area (Å²) in [5.41, 5.74) is 0.860. The summed E-state index contributed by atoms with van der Waals surface area (Å²) in [6.07, 6.45) is 0.507. The van der Waals surface area contributed by atoms with Crippen LogP contribution in [0.3, 0.4) is 0 Å². The van der Waals surface area contributed by atoms with Gasteiger partial charge in [-0.15, -0.1) is 0 Å². The lowest BCUT2D eigenvalue weighted by atomic mass is 10.1. The van der Waals surface area contributed by atoms with Crippen LogP contribution in [0, 0.1) is 0 Å². The molecular weight excluding hydrogens is 461 g/mol. The van der Waals surface area contributed by atoms with Gasteiger partial charge in [0.05, 0.1) is 18.5 Å². The highest BCUT2D eigenvalue weighted by atomic mass is 19.4. The number of anilines is 1. The number of halogens is 3. The summed E-state index contributed by atoms with van der Waals surface area (Å²) < 4.78 is 43.9. The third kappa shape index (κ3) is 7.13. The molecule has 0 bridgehead atoms. The Morgan fingerprint density at radius 1 is 1.14 bits per heavy atom. The number of ether oxygens (including phenoxy) is 1. The Hall–Kier alpha value is -4.21. The Kier molecular flexibility index (Phi) is 8.19. The maximum absolute atomic E-state index is 12.7. The second-order valence-corrected chi connectivity index (χ2v) is 7.49. The number of alkyl halides is 3. The van der Waals surface area contributed by atoms with Crippen molar-refractivity contribution in [1.82, 2.24) is 4.90 Å². The van der Waals surface area contributed by atoms with Gasteiger partial charge in [-0.2, -0.15) is 13.2 Å². The minimum atomic E-state index is -4.42. The van der Waals surface area contributed by atoms with Gasteiger partial charge in [-0.3, -0.25) is 14.6 Å². The molecule has 10 heteroatoms. The second kappa shape index (κ2) is 11.3. The molecule has 0 aromatic heterocycles. The first-order valence-corrected chi connectivity index (χ1v) is 10.6. The maximum Gasteiger partial charge on any atom is 0.416 e. The number of carbonyl (C=O) groups is 2. The third-order valence-electron chi connectivity index (χ3n) is 4.95. The average molecular weight is 484 g/mol. The van der Waals surface area contributed by atoms with E-state index in [2.05, 4.69) is 22.0 Å². The molecule has 2 aromatic carbocycles. The molecule has 182 valence electrons. The Bertz CT molecular complexity index is 1170. The minimum Gasteiger partial charge on any atom is -0.439 e. The molecule has 35 heavy (non-hydrogen) atoms. The van der Waals surface area contributed by atoms with Crippen molar-refractivity contribution in [3.63, 3.8) is 0 Å². The molecule has 0 unspecified atom stereocenters. The molecule has 2 aromatic rings. The predicted octanol–water partition coefficient (Wildman–Crippen LogP) is 4.97. The van der Waals surface area contributed by atoms with E-state index in [-0.39, 0.29) is 24.1 Å². The van der Waals surface area contributed by atoms with Gasteiger partial charge in [-0.25, -0.2) is 4.99 Å². The van der Waals surface area contributed by atoms with E-state index < -0.39 is 11.7 Å². The molecule has 0 atom stereocenters. The Morgan fingerprint density at radius 3 is 2.43 bits per heavy atom. The van der Waals surface area contributed by atoms with Crippen LogP contribution in [0.4, 0.5) is 18.9 Å². The van der Waals surface area contributed by atoms with Crippen LogP contribution >= 0.6 is 0 Å². The highest BCUT2D eigenvalue weighted by Crippen LogP contribution is 2.29. The van der Waals surface area contributed by atoms with Crippen molar-refractivity contribution in [2.24, 2.45) is 9.98 Å². The SMILES string of the molecule is C=NC=N/C(Oc1ccc(NC(=O)Cc2ccc(C(F)(F)F)cc2)cc1)=C1/C=CN(C(=O)CC)C1. The van der Waals surface area contributed by atoms with Gasteiger partial charge in [0, 0.05) is 23.9 Å². The van der Waals surface area contributed by atoms with Crippen LogP contribution in [0.5, 0.6) is 5.75 Å². The molecule has 0 spiro atoms. The zero-order valence-electron chi connectivity index (χ0n) is 18.9. The summed E-state index contributed by atoms with van der Waals surface area (Å²) in [6.45, 7) is 5.45. The maximum atomic E-state index is 12.7. The monoisotopic (exact) mass is 484 g/mol. The predicted molar refractivity (Wildman–Crippen MR) is 127 cm³/mol. The van der Waals surface area contributed by atoms with Gasteiger partial charge in [-0.1, -0.05) is 19.1 Å². The van der Waals surface area contributed by atoms with Gasteiger partial charge in [0.25, 0.3) is 0 Å². The van der Waals surface area contributed by atoms with Crippen molar-refractivity contribution in [1.29, 1.82) is 0 Å². The van der Waals surface area contributed by atoms with Crippen LogP contribution in [0.15, 0.2) is 82.2 Å². The molecular formula is C25H23F3N4O3. The zero-order valence-corrected chi connectivity index (χ0v) is 18.9. The summed E-state index contributed by atoms with van der Waals surface area (Å²) in [5, 5.41) is 2.69. The lowest BCUT2D eigenvalue weighted by molar-refractivity contribution is -0.137. The molecule has 2 amide bonds. The van der Waals surface area contributed by atoms with Gasteiger partial charge < -0.3 is 15.0 Å². The lowest BCUT2D eigenvalue weighted by Crippen LogP contribution is -2.23. The van der Waals surface area contributed by atoms with Crippen molar-refractivity contribution in [3.05, 3.63) is 83.4 Å². The fourth-order valence-corrected chi connectivity index (χ4v) is 3.17. The molecule has 0 aliphatic carbocycles. The first kappa shape index (κ1) is 25.4. The topological polar surface area (TPSA) is 83.4 Å². The van der Waals surface area contributed by atoms with Crippen LogP contribution in [0.2, 0.25) is 0 Å². The smallest absolute Gasteiger partial charge is 0.416 e.